The molecule has 8 heteroatoms. The van der Waals surface area contributed by atoms with Crippen LogP contribution in [0.4, 0.5) is 0 Å². The van der Waals surface area contributed by atoms with E-state index in [1.165, 1.54) is 17.5 Å². The summed E-state index contributed by atoms with van der Waals surface area (Å²) in [7, 11) is 4.72. The molecule has 0 saturated carbocycles. The standard InChI is InChI=1S/C18H17N3O4S/c1-23-11-7-14(24-2)16(15(8-11)25-3)13-9-26-18(21-13)12-6-10(17(19)22)4-5-20-12/h4-9H,1-3H3,(H2,19,22). The summed E-state index contributed by atoms with van der Waals surface area (Å²) in [5.74, 6) is 1.27. The second kappa shape index (κ2) is 7.40. The minimum Gasteiger partial charge on any atom is -0.496 e. The van der Waals surface area contributed by atoms with Gasteiger partial charge in [0.2, 0.25) is 5.91 Å². The smallest absolute Gasteiger partial charge is 0.248 e. The number of hydrogen-bond acceptors (Lipinski definition) is 7. The second-order valence-electron chi connectivity index (χ2n) is 5.24. The van der Waals surface area contributed by atoms with Gasteiger partial charge in [0.15, 0.2) is 0 Å². The lowest BCUT2D eigenvalue weighted by Gasteiger charge is -2.13. The van der Waals surface area contributed by atoms with Crippen molar-refractivity contribution in [2.75, 3.05) is 21.3 Å². The third-order valence-corrected chi connectivity index (χ3v) is 4.60. The fraction of sp³-hybridized carbons (Fsp3) is 0.167. The highest BCUT2D eigenvalue weighted by atomic mass is 32.1. The molecule has 0 bridgehead atoms. The first kappa shape index (κ1) is 17.7. The Morgan fingerprint density at radius 2 is 1.73 bits per heavy atom. The molecule has 0 radical (unpaired) electrons. The molecular weight excluding hydrogens is 354 g/mol. The molecule has 0 aliphatic rings. The monoisotopic (exact) mass is 371 g/mol. The molecule has 0 spiro atoms. The van der Waals surface area contributed by atoms with Gasteiger partial charge in [0.1, 0.15) is 22.3 Å². The van der Waals surface area contributed by atoms with Crippen molar-refractivity contribution in [2.45, 2.75) is 0 Å². The third kappa shape index (κ3) is 3.31. The highest BCUT2D eigenvalue weighted by Gasteiger charge is 2.19. The summed E-state index contributed by atoms with van der Waals surface area (Å²) < 4.78 is 16.2. The lowest BCUT2D eigenvalue weighted by molar-refractivity contribution is 0.1000. The van der Waals surface area contributed by atoms with E-state index < -0.39 is 5.91 Å². The Morgan fingerprint density at radius 3 is 2.31 bits per heavy atom. The predicted octanol–water partition coefficient (Wildman–Crippen LogP) is 3.00. The molecule has 134 valence electrons. The molecule has 0 aliphatic heterocycles. The molecule has 2 N–H and O–H groups in total. The molecule has 1 aromatic carbocycles. The van der Waals surface area contributed by atoms with Crippen molar-refractivity contribution in [3.63, 3.8) is 0 Å². The lowest BCUT2D eigenvalue weighted by Crippen LogP contribution is -2.10. The molecule has 3 aromatic rings. The van der Waals surface area contributed by atoms with Crippen LogP contribution in [0.15, 0.2) is 35.8 Å². The quantitative estimate of drug-likeness (QED) is 0.715. The highest BCUT2D eigenvalue weighted by molar-refractivity contribution is 7.13. The van der Waals surface area contributed by atoms with Gasteiger partial charge in [-0.15, -0.1) is 11.3 Å². The van der Waals surface area contributed by atoms with Gasteiger partial charge >= 0.3 is 0 Å². The molecule has 0 fully saturated rings. The summed E-state index contributed by atoms with van der Waals surface area (Å²) in [5.41, 5.74) is 7.67. The molecule has 26 heavy (non-hydrogen) atoms. The number of pyridine rings is 1. The average Bonchev–Trinajstić information content (AvgIpc) is 3.16. The van der Waals surface area contributed by atoms with E-state index in [4.69, 9.17) is 19.9 Å². The number of amides is 1. The lowest BCUT2D eigenvalue weighted by atomic mass is 10.1. The van der Waals surface area contributed by atoms with Gasteiger partial charge in [0, 0.05) is 29.3 Å². The second-order valence-corrected chi connectivity index (χ2v) is 6.10. The van der Waals surface area contributed by atoms with Gasteiger partial charge in [0.05, 0.1) is 38.3 Å². The Morgan fingerprint density at radius 1 is 1.04 bits per heavy atom. The zero-order chi connectivity index (χ0) is 18.7. The maximum absolute atomic E-state index is 11.4. The minimum atomic E-state index is -0.510. The van der Waals surface area contributed by atoms with E-state index in [9.17, 15) is 4.79 Å². The first-order valence-corrected chi connectivity index (χ1v) is 8.47. The van der Waals surface area contributed by atoms with E-state index in [0.29, 0.717) is 44.8 Å². The van der Waals surface area contributed by atoms with Crippen molar-refractivity contribution in [3.05, 3.63) is 41.4 Å². The van der Waals surface area contributed by atoms with Gasteiger partial charge < -0.3 is 19.9 Å². The summed E-state index contributed by atoms with van der Waals surface area (Å²) in [6.45, 7) is 0. The Hall–Kier alpha value is -3.13. The van der Waals surface area contributed by atoms with E-state index in [1.807, 2.05) is 5.38 Å². The summed E-state index contributed by atoms with van der Waals surface area (Å²) in [4.78, 5) is 20.3. The summed E-state index contributed by atoms with van der Waals surface area (Å²) in [6, 6.07) is 6.72. The molecule has 2 aromatic heterocycles. The third-order valence-electron chi connectivity index (χ3n) is 3.74. The van der Waals surface area contributed by atoms with Gasteiger partial charge in [-0.2, -0.15) is 0 Å². The largest absolute Gasteiger partial charge is 0.496 e. The zero-order valence-electron chi connectivity index (χ0n) is 14.5. The summed E-state index contributed by atoms with van der Waals surface area (Å²) in [5, 5.41) is 2.53. The van der Waals surface area contributed by atoms with Gasteiger partial charge in [-0.25, -0.2) is 4.98 Å². The molecule has 0 atom stereocenters. The van der Waals surface area contributed by atoms with Crippen molar-refractivity contribution < 1.29 is 19.0 Å². The molecule has 0 saturated heterocycles. The number of aromatic nitrogens is 2. The number of carbonyl (C=O) groups is 1. The van der Waals surface area contributed by atoms with E-state index in [2.05, 4.69) is 9.97 Å². The van der Waals surface area contributed by atoms with Crippen molar-refractivity contribution in [2.24, 2.45) is 5.73 Å². The van der Waals surface area contributed by atoms with Gasteiger partial charge in [-0.05, 0) is 12.1 Å². The maximum Gasteiger partial charge on any atom is 0.248 e. The fourth-order valence-electron chi connectivity index (χ4n) is 2.47. The number of nitrogens with zero attached hydrogens (tertiary/aromatic N) is 2. The average molecular weight is 371 g/mol. The Labute approximate surface area is 154 Å². The van der Waals surface area contributed by atoms with Crippen molar-refractivity contribution in [1.29, 1.82) is 0 Å². The molecule has 1 amide bonds. The minimum absolute atomic E-state index is 0.381. The van der Waals surface area contributed by atoms with Crippen LogP contribution in [0, 0.1) is 0 Å². The van der Waals surface area contributed by atoms with Crippen LogP contribution in [0.5, 0.6) is 17.2 Å². The van der Waals surface area contributed by atoms with Crippen LogP contribution in [0.3, 0.4) is 0 Å². The van der Waals surface area contributed by atoms with Gasteiger partial charge in [0.25, 0.3) is 0 Å². The summed E-state index contributed by atoms with van der Waals surface area (Å²) >= 11 is 1.40. The Kier molecular flexibility index (Phi) is 5.04. The molecule has 2 heterocycles. The molecule has 7 nitrogen and oxygen atoms in total. The number of hydrogen-bond donors (Lipinski definition) is 1. The van der Waals surface area contributed by atoms with Crippen molar-refractivity contribution >= 4 is 17.2 Å². The number of ether oxygens (including phenoxy) is 3. The molecule has 0 aliphatic carbocycles. The van der Waals surface area contributed by atoms with Crippen LogP contribution in [-0.2, 0) is 0 Å². The topological polar surface area (TPSA) is 96.6 Å². The highest BCUT2D eigenvalue weighted by Crippen LogP contribution is 2.42. The molecular formula is C18H17N3O4S. The van der Waals surface area contributed by atoms with Crippen molar-refractivity contribution in [3.8, 4) is 39.2 Å². The van der Waals surface area contributed by atoms with Crippen LogP contribution < -0.4 is 19.9 Å². The predicted molar refractivity (Wildman–Crippen MR) is 99.0 cm³/mol. The normalized spacial score (nSPS) is 10.4. The maximum atomic E-state index is 11.4. The zero-order valence-corrected chi connectivity index (χ0v) is 15.3. The number of rotatable bonds is 6. The fourth-order valence-corrected chi connectivity index (χ4v) is 3.24. The SMILES string of the molecule is COc1cc(OC)c(-c2csc(-c3cc(C(N)=O)ccn3)n2)c(OC)c1. The number of methoxy groups -OCH3 is 3. The van der Waals surface area contributed by atoms with E-state index in [0.717, 1.165) is 0 Å². The van der Waals surface area contributed by atoms with E-state index in [1.54, 1.807) is 45.6 Å². The summed E-state index contributed by atoms with van der Waals surface area (Å²) in [6.07, 6.45) is 1.53. The number of carbonyl (C=O) groups excluding carboxylic acids is 1. The Bertz CT molecular complexity index is 930. The van der Waals surface area contributed by atoms with Crippen LogP contribution in [0.25, 0.3) is 22.0 Å². The van der Waals surface area contributed by atoms with Crippen LogP contribution in [0.1, 0.15) is 10.4 Å². The van der Waals surface area contributed by atoms with Crippen molar-refractivity contribution in [1.82, 2.24) is 9.97 Å². The van der Waals surface area contributed by atoms with Crippen LogP contribution in [0.2, 0.25) is 0 Å². The number of primary amides is 1. The van der Waals surface area contributed by atoms with E-state index >= 15 is 0 Å². The number of thiazole rings is 1. The van der Waals surface area contributed by atoms with Crippen LogP contribution in [-0.4, -0.2) is 37.2 Å². The Balaban J connectivity index is 2.08. The molecule has 0 unspecified atom stereocenters. The van der Waals surface area contributed by atoms with E-state index in [-0.39, 0.29) is 0 Å². The molecule has 3 rings (SSSR count). The first-order chi connectivity index (χ1) is 12.6. The first-order valence-electron chi connectivity index (χ1n) is 7.59. The van der Waals surface area contributed by atoms with Gasteiger partial charge in [-0.3, -0.25) is 9.78 Å². The number of benzene rings is 1. The number of nitrogens with two attached hydrogens (primary N) is 1. The van der Waals surface area contributed by atoms with Crippen LogP contribution >= 0.6 is 11.3 Å². The van der Waals surface area contributed by atoms with Gasteiger partial charge in [-0.1, -0.05) is 0 Å².